The number of hydrogen-bond donors (Lipinski definition) is 2. The lowest BCUT2D eigenvalue weighted by Gasteiger charge is -2.46. The van der Waals surface area contributed by atoms with Gasteiger partial charge in [0.2, 0.25) is 0 Å². The Kier molecular flexibility index (Phi) is 5.34. The zero-order valence-corrected chi connectivity index (χ0v) is 17.9. The number of aryl methyl sites for hydroxylation is 3. The van der Waals surface area contributed by atoms with Crippen LogP contribution in [0, 0.1) is 6.92 Å². The molecule has 2 aromatic carbocycles. The zero-order chi connectivity index (χ0) is 20.7. The molecule has 0 saturated carbocycles. The summed E-state index contributed by atoms with van der Waals surface area (Å²) in [5.74, 6) is 0.835. The average Bonchev–Trinajstić information content (AvgIpc) is 2.76. The van der Waals surface area contributed by atoms with E-state index in [0.29, 0.717) is 13.0 Å². The molecule has 2 aliphatic heterocycles. The van der Waals surface area contributed by atoms with Crippen LogP contribution >= 0.6 is 0 Å². The lowest BCUT2D eigenvalue weighted by Crippen LogP contribution is -2.51. The van der Waals surface area contributed by atoms with Crippen LogP contribution in [-0.4, -0.2) is 40.3 Å². The monoisotopic (exact) mass is 407 g/mol. The molecule has 0 radical (unpaired) electrons. The lowest BCUT2D eigenvalue weighted by molar-refractivity contribution is -0.0588. The van der Waals surface area contributed by atoms with Crippen molar-refractivity contribution in [3.8, 4) is 5.75 Å². The Labute approximate surface area is 179 Å². The van der Waals surface area contributed by atoms with E-state index >= 15 is 0 Å². The van der Waals surface area contributed by atoms with Gasteiger partial charge in [-0.3, -0.25) is 0 Å². The number of likely N-dealkylation sites (tertiary alicyclic amines) is 1. The number of piperidine rings is 1. The zero-order valence-electron chi connectivity index (χ0n) is 17.9. The maximum Gasteiger partial charge on any atom is 0.125 e. The summed E-state index contributed by atoms with van der Waals surface area (Å²) in [5, 5.41) is 21.6. The number of fused-ring (bicyclic) bond motifs is 2. The highest BCUT2D eigenvalue weighted by Crippen LogP contribution is 2.44. The number of aliphatic hydroxyl groups excluding tert-OH is 2. The third-order valence-electron chi connectivity index (χ3n) is 7.37. The largest absolute Gasteiger partial charge is 0.487 e. The van der Waals surface area contributed by atoms with E-state index in [-0.39, 0.29) is 5.60 Å². The van der Waals surface area contributed by atoms with Crippen molar-refractivity contribution in [3.63, 3.8) is 0 Å². The normalized spacial score (nSPS) is 24.0. The van der Waals surface area contributed by atoms with Crippen LogP contribution in [0.1, 0.15) is 72.1 Å². The van der Waals surface area contributed by atoms with Crippen LogP contribution in [0.5, 0.6) is 5.75 Å². The molecule has 2 atom stereocenters. The maximum absolute atomic E-state index is 10.9. The van der Waals surface area contributed by atoms with Gasteiger partial charge in [0.1, 0.15) is 11.4 Å². The van der Waals surface area contributed by atoms with Gasteiger partial charge in [-0.25, -0.2) is 0 Å². The summed E-state index contributed by atoms with van der Waals surface area (Å²) >= 11 is 0. The predicted molar refractivity (Wildman–Crippen MR) is 118 cm³/mol. The summed E-state index contributed by atoms with van der Waals surface area (Å²) in [7, 11) is 0. The van der Waals surface area contributed by atoms with Crippen LogP contribution in [0.2, 0.25) is 0 Å². The number of ether oxygens (including phenoxy) is 1. The van der Waals surface area contributed by atoms with Crippen molar-refractivity contribution in [1.29, 1.82) is 0 Å². The second kappa shape index (κ2) is 7.99. The van der Waals surface area contributed by atoms with E-state index in [1.807, 2.05) is 19.1 Å². The fourth-order valence-corrected chi connectivity index (χ4v) is 5.52. The predicted octanol–water partition coefficient (Wildman–Crippen LogP) is 4.26. The Morgan fingerprint density at radius 1 is 1.07 bits per heavy atom. The summed E-state index contributed by atoms with van der Waals surface area (Å²) in [6, 6.07) is 12.6. The van der Waals surface area contributed by atoms with Crippen LogP contribution < -0.4 is 4.74 Å². The van der Waals surface area contributed by atoms with Crippen molar-refractivity contribution >= 4 is 0 Å². The Hall–Kier alpha value is -1.88. The summed E-state index contributed by atoms with van der Waals surface area (Å²) in [6.07, 6.45) is 6.37. The second-order valence-electron chi connectivity index (χ2n) is 9.60. The highest BCUT2D eigenvalue weighted by atomic mass is 16.5. The minimum Gasteiger partial charge on any atom is -0.487 e. The molecule has 0 amide bonds. The van der Waals surface area contributed by atoms with E-state index in [0.717, 1.165) is 54.8 Å². The van der Waals surface area contributed by atoms with Gasteiger partial charge in [0.05, 0.1) is 12.2 Å². The van der Waals surface area contributed by atoms with E-state index < -0.39 is 12.2 Å². The van der Waals surface area contributed by atoms with Gasteiger partial charge in [-0.15, -0.1) is 0 Å². The molecule has 2 heterocycles. The summed E-state index contributed by atoms with van der Waals surface area (Å²) in [6.45, 7) is 4.47. The van der Waals surface area contributed by atoms with Crippen molar-refractivity contribution in [2.24, 2.45) is 0 Å². The van der Waals surface area contributed by atoms with Crippen molar-refractivity contribution in [3.05, 3.63) is 64.2 Å². The molecule has 160 valence electrons. The molecule has 5 rings (SSSR count). The van der Waals surface area contributed by atoms with Gasteiger partial charge in [0, 0.05) is 31.6 Å². The van der Waals surface area contributed by atoms with Crippen LogP contribution in [0.4, 0.5) is 0 Å². The maximum atomic E-state index is 10.9. The molecule has 1 aliphatic carbocycles. The fourth-order valence-electron chi connectivity index (χ4n) is 5.52. The summed E-state index contributed by atoms with van der Waals surface area (Å²) < 4.78 is 6.44. The number of nitrogens with zero attached hydrogens (tertiary/aromatic N) is 1. The molecule has 1 fully saturated rings. The first-order valence-corrected chi connectivity index (χ1v) is 11.5. The molecule has 4 heteroatoms. The van der Waals surface area contributed by atoms with E-state index in [4.69, 9.17) is 4.74 Å². The molecule has 1 spiro atoms. The molecule has 2 N–H and O–H groups in total. The Morgan fingerprint density at radius 2 is 1.83 bits per heavy atom. The molecule has 4 nitrogen and oxygen atoms in total. The van der Waals surface area contributed by atoms with Crippen molar-refractivity contribution < 1.29 is 14.9 Å². The number of aliphatic hydroxyl groups is 2. The number of benzene rings is 2. The van der Waals surface area contributed by atoms with Crippen LogP contribution in [-0.2, 0) is 12.8 Å². The van der Waals surface area contributed by atoms with Gasteiger partial charge in [-0.1, -0.05) is 29.8 Å². The minimum atomic E-state index is -0.457. The molecule has 3 aliphatic rings. The summed E-state index contributed by atoms with van der Waals surface area (Å²) in [4.78, 5) is 2.34. The SMILES string of the molecule is Cc1ccc2c(c1)C(O)CC1(CCN(CC(O)c3ccc4c(c3)CCCC4)CC1)O2. The van der Waals surface area contributed by atoms with Crippen molar-refractivity contribution in [1.82, 2.24) is 4.90 Å². The smallest absolute Gasteiger partial charge is 0.125 e. The molecule has 0 bridgehead atoms. The molecule has 2 aromatic rings. The molecule has 0 aromatic heterocycles. The molecule has 2 unspecified atom stereocenters. The Morgan fingerprint density at radius 3 is 2.63 bits per heavy atom. The van der Waals surface area contributed by atoms with E-state index in [1.165, 1.54) is 30.4 Å². The third kappa shape index (κ3) is 3.89. The third-order valence-corrected chi connectivity index (χ3v) is 7.37. The van der Waals surface area contributed by atoms with Crippen LogP contribution in [0.25, 0.3) is 0 Å². The number of β-amino-alcohol motifs (C(OH)–C–C–N with tert-alkyl or cyclic N) is 1. The van der Waals surface area contributed by atoms with Gasteiger partial charge in [0.25, 0.3) is 0 Å². The Balaban J connectivity index is 1.22. The molecular formula is C26H33NO3. The standard InChI is InChI=1S/C26H33NO3/c1-18-6-9-25-22(14-18)23(28)16-26(30-25)10-12-27(13-11-26)17-24(29)21-8-7-19-4-2-3-5-20(19)15-21/h6-9,14-15,23-24,28-29H,2-5,10-13,16-17H2,1H3. The first-order valence-electron chi connectivity index (χ1n) is 11.5. The molecule has 1 saturated heterocycles. The molecular weight excluding hydrogens is 374 g/mol. The van der Waals surface area contributed by atoms with Gasteiger partial charge in [-0.05, 0) is 74.3 Å². The van der Waals surface area contributed by atoms with Gasteiger partial charge >= 0.3 is 0 Å². The second-order valence-corrected chi connectivity index (χ2v) is 9.60. The Bertz CT molecular complexity index is 916. The minimum absolute atomic E-state index is 0.283. The van der Waals surface area contributed by atoms with E-state index in [1.54, 1.807) is 0 Å². The lowest BCUT2D eigenvalue weighted by atomic mass is 9.81. The van der Waals surface area contributed by atoms with Crippen LogP contribution in [0.15, 0.2) is 36.4 Å². The van der Waals surface area contributed by atoms with Gasteiger partial charge in [0.15, 0.2) is 0 Å². The number of rotatable bonds is 3. The van der Waals surface area contributed by atoms with E-state index in [2.05, 4.69) is 29.2 Å². The fraction of sp³-hybridized carbons (Fsp3) is 0.538. The first kappa shape index (κ1) is 20.0. The topological polar surface area (TPSA) is 52.9 Å². The van der Waals surface area contributed by atoms with Crippen LogP contribution in [0.3, 0.4) is 0 Å². The van der Waals surface area contributed by atoms with Crippen molar-refractivity contribution in [2.75, 3.05) is 19.6 Å². The highest BCUT2D eigenvalue weighted by molar-refractivity contribution is 5.41. The van der Waals surface area contributed by atoms with E-state index in [9.17, 15) is 10.2 Å². The molecule has 30 heavy (non-hydrogen) atoms. The van der Waals surface area contributed by atoms with Gasteiger partial charge < -0.3 is 19.8 Å². The summed E-state index contributed by atoms with van der Waals surface area (Å²) in [5.41, 5.74) is 5.72. The quantitative estimate of drug-likeness (QED) is 0.798. The highest BCUT2D eigenvalue weighted by Gasteiger charge is 2.43. The van der Waals surface area contributed by atoms with Gasteiger partial charge in [-0.2, -0.15) is 0 Å². The number of hydrogen-bond acceptors (Lipinski definition) is 4. The average molecular weight is 408 g/mol. The van der Waals surface area contributed by atoms with Crippen molar-refractivity contribution in [2.45, 2.75) is 69.7 Å². The first-order chi connectivity index (χ1) is 14.5.